The summed E-state index contributed by atoms with van der Waals surface area (Å²) in [6.45, 7) is 6.33. The Bertz CT molecular complexity index is 532. The molecule has 0 aliphatic heterocycles. The van der Waals surface area contributed by atoms with Gasteiger partial charge in [-0.25, -0.2) is 0 Å². The summed E-state index contributed by atoms with van der Waals surface area (Å²) < 4.78 is 4.89. The van der Waals surface area contributed by atoms with E-state index in [4.69, 9.17) is 4.52 Å². The fourth-order valence-corrected chi connectivity index (χ4v) is 1.65. The zero-order chi connectivity index (χ0) is 13.8. The fraction of sp³-hybridized carbons (Fsp3) is 0.500. The second kappa shape index (κ2) is 5.64. The molecule has 102 valence electrons. The summed E-state index contributed by atoms with van der Waals surface area (Å²) in [6.07, 6.45) is 3.22. The lowest BCUT2D eigenvalue weighted by molar-refractivity contribution is 0.0908. The van der Waals surface area contributed by atoms with Gasteiger partial charge < -0.3 is 9.84 Å². The quantitative estimate of drug-likeness (QED) is 0.870. The van der Waals surface area contributed by atoms with Gasteiger partial charge >= 0.3 is 0 Å². The van der Waals surface area contributed by atoms with E-state index in [2.05, 4.69) is 20.7 Å². The number of hydrogen-bond acceptors (Lipinski definition) is 5. The van der Waals surface area contributed by atoms with Crippen molar-refractivity contribution in [1.29, 1.82) is 0 Å². The van der Waals surface area contributed by atoms with Crippen LogP contribution < -0.4 is 5.32 Å². The molecule has 2 aromatic heterocycles. The van der Waals surface area contributed by atoms with Gasteiger partial charge in [0, 0.05) is 6.07 Å². The van der Waals surface area contributed by atoms with E-state index in [9.17, 15) is 4.79 Å². The molecule has 7 nitrogen and oxygen atoms in total. The Kier molecular flexibility index (Phi) is 3.94. The van der Waals surface area contributed by atoms with Crippen molar-refractivity contribution in [2.45, 2.75) is 33.4 Å². The minimum atomic E-state index is -0.247. The Morgan fingerprint density at radius 3 is 2.63 bits per heavy atom. The van der Waals surface area contributed by atoms with Gasteiger partial charge in [0.1, 0.15) is 5.76 Å². The second-order valence-electron chi connectivity index (χ2n) is 4.73. The molecule has 2 rings (SSSR count). The first kappa shape index (κ1) is 13.3. The molecule has 0 radical (unpaired) electrons. The van der Waals surface area contributed by atoms with Crippen LogP contribution in [0.1, 0.15) is 30.1 Å². The molecule has 0 fully saturated rings. The third kappa shape index (κ3) is 3.40. The SMILES string of the molecule is Cc1cc(C(=O)NC(Cn2nccn2)C(C)C)no1. The number of aryl methyl sites for hydroxylation is 1. The van der Waals surface area contributed by atoms with Crippen LogP contribution in [0, 0.1) is 12.8 Å². The maximum absolute atomic E-state index is 12.0. The molecule has 0 spiro atoms. The standard InChI is InChI=1S/C12H17N5O2/c1-8(2)11(7-17-13-4-5-14-17)15-12(18)10-6-9(3)19-16-10/h4-6,8,11H,7H2,1-3H3,(H,15,18). The molecule has 0 saturated heterocycles. The first-order valence-corrected chi connectivity index (χ1v) is 6.14. The van der Waals surface area contributed by atoms with Crippen LogP contribution in [0.15, 0.2) is 23.0 Å². The van der Waals surface area contributed by atoms with Gasteiger partial charge in [-0.1, -0.05) is 19.0 Å². The third-order valence-electron chi connectivity index (χ3n) is 2.81. The third-order valence-corrected chi connectivity index (χ3v) is 2.81. The lowest BCUT2D eigenvalue weighted by Crippen LogP contribution is -2.42. The van der Waals surface area contributed by atoms with Crippen molar-refractivity contribution < 1.29 is 9.32 Å². The van der Waals surface area contributed by atoms with E-state index in [1.165, 1.54) is 0 Å². The summed E-state index contributed by atoms with van der Waals surface area (Å²) in [5.41, 5.74) is 0.288. The molecule has 0 aliphatic carbocycles. The predicted octanol–water partition coefficient (Wildman–Crippen LogP) is 1.03. The van der Waals surface area contributed by atoms with Crippen molar-refractivity contribution in [2.24, 2.45) is 5.92 Å². The van der Waals surface area contributed by atoms with E-state index < -0.39 is 0 Å². The number of amides is 1. The molecule has 1 N–H and O–H groups in total. The van der Waals surface area contributed by atoms with Gasteiger partial charge in [0.2, 0.25) is 0 Å². The monoisotopic (exact) mass is 263 g/mol. The molecular formula is C12H17N5O2. The van der Waals surface area contributed by atoms with Gasteiger partial charge in [-0.15, -0.1) is 0 Å². The van der Waals surface area contributed by atoms with Gasteiger partial charge in [-0.3, -0.25) is 4.79 Å². The van der Waals surface area contributed by atoms with Crippen LogP contribution in [0.25, 0.3) is 0 Å². The van der Waals surface area contributed by atoms with E-state index >= 15 is 0 Å². The molecular weight excluding hydrogens is 246 g/mol. The van der Waals surface area contributed by atoms with Crippen LogP contribution in [0.3, 0.4) is 0 Å². The highest BCUT2D eigenvalue weighted by atomic mass is 16.5. The van der Waals surface area contributed by atoms with Crippen molar-refractivity contribution in [2.75, 3.05) is 0 Å². The van der Waals surface area contributed by atoms with E-state index in [-0.39, 0.29) is 23.6 Å². The summed E-state index contributed by atoms with van der Waals surface area (Å²) >= 11 is 0. The Balaban J connectivity index is 2.02. The first-order chi connectivity index (χ1) is 9.06. The van der Waals surface area contributed by atoms with Crippen molar-refractivity contribution in [3.8, 4) is 0 Å². The number of carbonyl (C=O) groups excluding carboxylic acids is 1. The minimum absolute atomic E-state index is 0.0723. The van der Waals surface area contributed by atoms with Crippen molar-refractivity contribution in [3.05, 3.63) is 29.9 Å². The van der Waals surface area contributed by atoms with Gasteiger partial charge in [0.15, 0.2) is 5.69 Å². The van der Waals surface area contributed by atoms with Gasteiger partial charge in [-0.2, -0.15) is 15.0 Å². The van der Waals surface area contributed by atoms with Crippen LogP contribution in [-0.2, 0) is 6.54 Å². The number of rotatable bonds is 5. The zero-order valence-electron chi connectivity index (χ0n) is 11.2. The molecule has 7 heteroatoms. The summed E-state index contributed by atoms with van der Waals surface area (Å²) in [5.74, 6) is 0.616. The molecule has 0 aliphatic rings. The predicted molar refractivity (Wildman–Crippen MR) is 67.4 cm³/mol. The number of nitrogens with one attached hydrogen (secondary N) is 1. The molecule has 1 amide bonds. The maximum Gasteiger partial charge on any atom is 0.273 e. The Morgan fingerprint density at radius 1 is 1.42 bits per heavy atom. The summed E-state index contributed by atoms with van der Waals surface area (Å²) in [7, 11) is 0. The molecule has 1 atom stereocenters. The van der Waals surface area contributed by atoms with Gasteiger partial charge in [-0.05, 0) is 12.8 Å². The fourth-order valence-electron chi connectivity index (χ4n) is 1.65. The molecule has 0 saturated carbocycles. The van der Waals surface area contributed by atoms with Crippen LogP contribution in [0.2, 0.25) is 0 Å². The Labute approximate surface area is 111 Å². The molecule has 19 heavy (non-hydrogen) atoms. The number of aromatic nitrogens is 4. The van der Waals surface area contributed by atoms with E-state index in [1.807, 2.05) is 13.8 Å². The second-order valence-corrected chi connectivity index (χ2v) is 4.73. The normalized spacial score (nSPS) is 12.6. The smallest absolute Gasteiger partial charge is 0.273 e. The highest BCUT2D eigenvalue weighted by Crippen LogP contribution is 2.07. The summed E-state index contributed by atoms with van der Waals surface area (Å²) in [4.78, 5) is 13.6. The highest BCUT2D eigenvalue weighted by Gasteiger charge is 2.20. The molecule has 2 aromatic rings. The number of nitrogens with zero attached hydrogens (tertiary/aromatic N) is 4. The summed E-state index contributed by atoms with van der Waals surface area (Å²) in [5, 5.41) is 14.7. The molecule has 0 bridgehead atoms. The lowest BCUT2D eigenvalue weighted by Gasteiger charge is -2.21. The minimum Gasteiger partial charge on any atom is -0.361 e. The topological polar surface area (TPSA) is 85.8 Å². The van der Waals surface area contributed by atoms with Crippen LogP contribution in [0.5, 0.6) is 0 Å². The van der Waals surface area contributed by atoms with Crippen molar-refractivity contribution in [3.63, 3.8) is 0 Å². The largest absolute Gasteiger partial charge is 0.361 e. The van der Waals surface area contributed by atoms with Gasteiger partial charge in [0.05, 0.1) is 25.0 Å². The molecule has 1 unspecified atom stereocenters. The number of hydrogen-bond donors (Lipinski definition) is 1. The van der Waals surface area contributed by atoms with E-state index in [1.54, 1.807) is 30.2 Å². The highest BCUT2D eigenvalue weighted by molar-refractivity contribution is 5.92. The van der Waals surface area contributed by atoms with E-state index in [0.717, 1.165) is 0 Å². The van der Waals surface area contributed by atoms with Gasteiger partial charge in [0.25, 0.3) is 5.91 Å². The maximum atomic E-state index is 12.0. The lowest BCUT2D eigenvalue weighted by atomic mass is 10.0. The average molecular weight is 263 g/mol. The van der Waals surface area contributed by atoms with E-state index in [0.29, 0.717) is 12.3 Å². The summed E-state index contributed by atoms with van der Waals surface area (Å²) in [6, 6.07) is 1.54. The Hall–Kier alpha value is -2.18. The van der Waals surface area contributed by atoms with Crippen molar-refractivity contribution >= 4 is 5.91 Å². The molecule has 0 aromatic carbocycles. The van der Waals surface area contributed by atoms with Crippen molar-refractivity contribution in [1.82, 2.24) is 25.5 Å². The van der Waals surface area contributed by atoms with Crippen LogP contribution >= 0.6 is 0 Å². The Morgan fingerprint density at radius 2 is 2.11 bits per heavy atom. The molecule has 2 heterocycles. The first-order valence-electron chi connectivity index (χ1n) is 6.14. The zero-order valence-corrected chi connectivity index (χ0v) is 11.2. The average Bonchev–Trinajstić information content (AvgIpc) is 2.99. The number of carbonyl (C=O) groups is 1. The van der Waals surface area contributed by atoms with Crippen LogP contribution in [-0.4, -0.2) is 32.1 Å². The van der Waals surface area contributed by atoms with Crippen LogP contribution in [0.4, 0.5) is 0 Å².